The first-order chi connectivity index (χ1) is 9.69. The summed E-state index contributed by atoms with van der Waals surface area (Å²) in [4.78, 5) is 4.24. The molecule has 1 aromatic heterocycles. The van der Waals surface area contributed by atoms with Gasteiger partial charge >= 0.3 is 0 Å². The van der Waals surface area contributed by atoms with Crippen molar-refractivity contribution in [2.45, 2.75) is 19.6 Å². The maximum absolute atomic E-state index is 6.04. The lowest BCUT2D eigenvalue weighted by Gasteiger charge is -2.17. The molecule has 0 saturated carbocycles. The van der Waals surface area contributed by atoms with E-state index >= 15 is 0 Å². The third kappa shape index (κ3) is 4.37. The van der Waals surface area contributed by atoms with Crippen LogP contribution in [0.4, 0.5) is 5.69 Å². The van der Waals surface area contributed by atoms with Crippen LogP contribution in [0.25, 0.3) is 0 Å². The third-order valence-electron chi connectivity index (χ3n) is 2.61. The van der Waals surface area contributed by atoms with Gasteiger partial charge in [0.1, 0.15) is 11.9 Å². The highest BCUT2D eigenvalue weighted by Gasteiger charge is 2.09. The summed E-state index contributed by atoms with van der Waals surface area (Å²) in [6.45, 7) is 3.13. The van der Waals surface area contributed by atoms with E-state index in [0.717, 1.165) is 17.1 Å². The minimum atomic E-state index is -0.0269. The van der Waals surface area contributed by atoms with Crippen molar-refractivity contribution in [3.8, 4) is 5.75 Å². The van der Waals surface area contributed by atoms with Gasteiger partial charge in [0.05, 0.1) is 30.0 Å². The van der Waals surface area contributed by atoms with E-state index in [0.29, 0.717) is 18.2 Å². The van der Waals surface area contributed by atoms with Crippen LogP contribution in [0.3, 0.4) is 0 Å². The van der Waals surface area contributed by atoms with Gasteiger partial charge < -0.3 is 14.8 Å². The lowest BCUT2D eigenvalue weighted by atomic mass is 10.2. The van der Waals surface area contributed by atoms with Crippen molar-refractivity contribution in [3.05, 3.63) is 39.8 Å². The first-order valence-electron chi connectivity index (χ1n) is 6.25. The fraction of sp³-hybridized carbons (Fsp3) is 0.357. The number of halogens is 1. The Bertz CT molecular complexity index is 534. The molecule has 0 radical (unpaired) electrons. The van der Waals surface area contributed by atoms with Crippen molar-refractivity contribution in [2.75, 3.05) is 19.0 Å². The smallest absolute Gasteiger partial charge is 0.143 e. The molecule has 0 aliphatic heterocycles. The van der Waals surface area contributed by atoms with Crippen LogP contribution in [0.1, 0.15) is 12.6 Å². The maximum atomic E-state index is 6.04. The van der Waals surface area contributed by atoms with Gasteiger partial charge in [-0.2, -0.15) is 0 Å². The van der Waals surface area contributed by atoms with Crippen molar-refractivity contribution in [1.29, 1.82) is 0 Å². The number of thiazole rings is 1. The number of hydrogen-bond acceptors (Lipinski definition) is 5. The van der Waals surface area contributed by atoms with Crippen LogP contribution in [0.5, 0.6) is 5.75 Å². The Morgan fingerprint density at radius 2 is 2.30 bits per heavy atom. The summed E-state index contributed by atoms with van der Waals surface area (Å²) >= 11 is 7.62. The highest BCUT2D eigenvalue weighted by atomic mass is 35.5. The van der Waals surface area contributed by atoms with Crippen LogP contribution in [0, 0.1) is 0 Å². The fourth-order valence-electron chi connectivity index (χ4n) is 1.74. The van der Waals surface area contributed by atoms with Crippen LogP contribution in [0.15, 0.2) is 29.1 Å². The molecule has 20 heavy (non-hydrogen) atoms. The number of nitrogens with one attached hydrogen (secondary N) is 1. The van der Waals surface area contributed by atoms with Gasteiger partial charge in [0, 0.05) is 17.5 Å². The van der Waals surface area contributed by atoms with Gasteiger partial charge in [-0.3, -0.25) is 0 Å². The van der Waals surface area contributed by atoms with Crippen molar-refractivity contribution in [3.63, 3.8) is 0 Å². The van der Waals surface area contributed by atoms with Crippen LogP contribution in [0.2, 0.25) is 5.02 Å². The highest BCUT2D eigenvalue weighted by Crippen LogP contribution is 2.29. The Morgan fingerprint density at radius 1 is 1.45 bits per heavy atom. The minimum absolute atomic E-state index is 0.0269. The summed E-state index contributed by atoms with van der Waals surface area (Å²) in [5.41, 5.74) is 3.66. The van der Waals surface area contributed by atoms with Gasteiger partial charge in [-0.25, -0.2) is 4.98 Å². The van der Waals surface area contributed by atoms with Crippen LogP contribution in [-0.4, -0.2) is 24.8 Å². The third-order valence-corrected chi connectivity index (χ3v) is 3.48. The van der Waals surface area contributed by atoms with E-state index in [4.69, 9.17) is 21.1 Å². The molecular formula is C14H17ClN2O2S. The molecule has 1 unspecified atom stereocenters. The number of benzene rings is 1. The Labute approximate surface area is 127 Å². The summed E-state index contributed by atoms with van der Waals surface area (Å²) in [5, 5.41) is 5.97. The Morgan fingerprint density at radius 3 is 3.00 bits per heavy atom. The first kappa shape index (κ1) is 15.1. The van der Waals surface area contributed by atoms with Crippen LogP contribution >= 0.6 is 22.9 Å². The zero-order valence-electron chi connectivity index (χ0n) is 11.4. The van der Waals surface area contributed by atoms with Crippen LogP contribution < -0.4 is 10.1 Å². The van der Waals surface area contributed by atoms with Gasteiger partial charge in [-0.05, 0) is 25.1 Å². The molecular weight excluding hydrogens is 296 g/mol. The van der Waals surface area contributed by atoms with Gasteiger partial charge in [0.25, 0.3) is 0 Å². The predicted octanol–water partition coefficient (Wildman–Crippen LogP) is 3.82. The number of aromatic nitrogens is 1. The highest BCUT2D eigenvalue weighted by molar-refractivity contribution is 7.07. The van der Waals surface area contributed by atoms with E-state index in [1.54, 1.807) is 18.4 Å². The summed E-state index contributed by atoms with van der Waals surface area (Å²) in [6, 6.07) is 5.52. The maximum Gasteiger partial charge on any atom is 0.143 e. The Kier molecular flexibility index (Phi) is 5.64. The fourth-order valence-corrected chi connectivity index (χ4v) is 2.47. The summed E-state index contributed by atoms with van der Waals surface area (Å²) in [6.07, 6.45) is -0.0269. The lowest BCUT2D eigenvalue weighted by Crippen LogP contribution is -2.18. The quantitative estimate of drug-likeness (QED) is 0.844. The van der Waals surface area contributed by atoms with Crippen LogP contribution in [-0.2, 0) is 11.3 Å². The second-order valence-corrected chi connectivity index (χ2v) is 5.51. The topological polar surface area (TPSA) is 43.4 Å². The SMILES string of the molecule is COCC(C)Oc1ccc(Cl)cc1NCc1cscn1. The zero-order valence-corrected chi connectivity index (χ0v) is 13.0. The van der Waals surface area contributed by atoms with Gasteiger partial charge in [0.2, 0.25) is 0 Å². The molecule has 1 N–H and O–H groups in total. The number of rotatable bonds is 7. The van der Waals surface area contributed by atoms with E-state index in [1.807, 2.05) is 36.0 Å². The van der Waals surface area contributed by atoms with E-state index in [-0.39, 0.29) is 6.10 Å². The standard InChI is InChI=1S/C14H17ClN2O2S/c1-10(7-18-2)19-14-4-3-11(15)5-13(14)16-6-12-8-20-9-17-12/h3-5,8-10,16H,6-7H2,1-2H3. The number of ether oxygens (including phenoxy) is 2. The molecule has 0 aliphatic carbocycles. The van der Waals surface area contributed by atoms with Gasteiger partial charge in [0.15, 0.2) is 0 Å². The molecule has 0 fully saturated rings. The summed E-state index contributed by atoms with van der Waals surface area (Å²) in [5.74, 6) is 0.758. The molecule has 2 aromatic rings. The molecule has 1 atom stereocenters. The molecule has 1 aromatic carbocycles. The van der Waals surface area contributed by atoms with Crippen molar-refractivity contribution in [1.82, 2.24) is 4.98 Å². The zero-order chi connectivity index (χ0) is 14.4. The van der Waals surface area contributed by atoms with Crippen molar-refractivity contribution >= 4 is 28.6 Å². The molecule has 0 bridgehead atoms. The first-order valence-corrected chi connectivity index (χ1v) is 7.57. The number of anilines is 1. The molecule has 0 aliphatic rings. The molecule has 0 saturated heterocycles. The molecule has 108 valence electrons. The Hall–Kier alpha value is -1.30. The van der Waals surface area contributed by atoms with Gasteiger partial charge in [-0.1, -0.05) is 11.6 Å². The molecule has 1 heterocycles. The molecule has 2 rings (SSSR count). The summed E-state index contributed by atoms with van der Waals surface area (Å²) in [7, 11) is 1.66. The number of hydrogen-bond donors (Lipinski definition) is 1. The van der Waals surface area contributed by atoms with Crippen molar-refractivity contribution < 1.29 is 9.47 Å². The Balaban J connectivity index is 2.07. The van der Waals surface area contributed by atoms with E-state index < -0.39 is 0 Å². The average Bonchev–Trinajstić information content (AvgIpc) is 2.92. The monoisotopic (exact) mass is 312 g/mol. The molecule has 0 spiro atoms. The van der Waals surface area contributed by atoms with E-state index in [2.05, 4.69) is 10.3 Å². The summed E-state index contributed by atoms with van der Waals surface area (Å²) < 4.78 is 10.9. The second-order valence-electron chi connectivity index (χ2n) is 4.36. The van der Waals surface area contributed by atoms with E-state index in [1.165, 1.54) is 0 Å². The predicted molar refractivity (Wildman–Crippen MR) is 82.9 cm³/mol. The molecule has 0 amide bonds. The second kappa shape index (κ2) is 7.47. The number of methoxy groups -OCH3 is 1. The van der Waals surface area contributed by atoms with Crippen molar-refractivity contribution in [2.24, 2.45) is 0 Å². The van der Waals surface area contributed by atoms with E-state index in [9.17, 15) is 0 Å². The minimum Gasteiger partial charge on any atom is -0.486 e. The van der Waals surface area contributed by atoms with Gasteiger partial charge in [-0.15, -0.1) is 11.3 Å². The molecule has 4 nitrogen and oxygen atoms in total. The lowest BCUT2D eigenvalue weighted by molar-refractivity contribution is 0.0925. The molecule has 6 heteroatoms. The normalized spacial score (nSPS) is 12.2. The average molecular weight is 313 g/mol. The largest absolute Gasteiger partial charge is 0.486 e. The number of nitrogens with zero attached hydrogens (tertiary/aromatic N) is 1.